The third-order valence-electron chi connectivity index (χ3n) is 3.35. The molecule has 1 fully saturated rings. The molecule has 0 saturated heterocycles. The third kappa shape index (κ3) is 3.12. The van der Waals surface area contributed by atoms with Gasteiger partial charge in [0.25, 0.3) is 5.91 Å². The molecule has 108 valence electrons. The second-order valence-electron chi connectivity index (χ2n) is 5.00. The van der Waals surface area contributed by atoms with Crippen molar-refractivity contribution in [2.24, 2.45) is 5.73 Å². The Bertz CT molecular complexity index is 558. The first-order valence-electron chi connectivity index (χ1n) is 6.45. The van der Waals surface area contributed by atoms with Gasteiger partial charge in [0.2, 0.25) is 0 Å². The molecule has 1 aromatic carbocycles. The summed E-state index contributed by atoms with van der Waals surface area (Å²) in [6, 6.07) is 2.47. The van der Waals surface area contributed by atoms with Crippen molar-refractivity contribution < 1.29 is 13.6 Å². The van der Waals surface area contributed by atoms with Crippen LogP contribution in [0.5, 0.6) is 0 Å². The molecule has 3 nitrogen and oxygen atoms in total. The van der Waals surface area contributed by atoms with Gasteiger partial charge in [0.05, 0.1) is 4.99 Å². The van der Waals surface area contributed by atoms with E-state index in [1.54, 1.807) is 0 Å². The number of halogens is 2. The number of carbonyl (C=O) groups excluding carboxylic acids is 1. The summed E-state index contributed by atoms with van der Waals surface area (Å²) in [5.74, 6) is -2.25. The van der Waals surface area contributed by atoms with E-state index in [4.69, 9.17) is 18.0 Å². The van der Waals surface area contributed by atoms with Crippen LogP contribution in [0, 0.1) is 18.6 Å². The fourth-order valence-electron chi connectivity index (χ4n) is 2.06. The smallest absolute Gasteiger partial charge is 0.260 e. The first-order chi connectivity index (χ1) is 9.41. The average molecular weight is 298 g/mol. The number of hydrogen-bond donors (Lipinski definition) is 1. The zero-order valence-corrected chi connectivity index (χ0v) is 12.0. The molecule has 0 atom stereocenters. The van der Waals surface area contributed by atoms with Gasteiger partial charge in [0, 0.05) is 19.0 Å². The molecule has 0 radical (unpaired) electrons. The molecule has 1 amide bonds. The van der Waals surface area contributed by atoms with Crippen molar-refractivity contribution in [1.82, 2.24) is 4.90 Å². The van der Waals surface area contributed by atoms with E-state index in [1.807, 2.05) is 0 Å². The van der Waals surface area contributed by atoms with Crippen molar-refractivity contribution in [3.63, 3.8) is 0 Å². The maximum atomic E-state index is 14.0. The number of rotatable bonds is 5. The molecule has 1 aliphatic rings. The zero-order valence-electron chi connectivity index (χ0n) is 11.2. The van der Waals surface area contributed by atoms with Gasteiger partial charge in [0.1, 0.15) is 17.2 Å². The number of nitrogens with zero attached hydrogens (tertiary/aromatic N) is 1. The van der Waals surface area contributed by atoms with E-state index in [1.165, 1.54) is 17.9 Å². The van der Waals surface area contributed by atoms with Gasteiger partial charge >= 0.3 is 0 Å². The first kappa shape index (κ1) is 14.8. The Morgan fingerprint density at radius 1 is 1.45 bits per heavy atom. The molecule has 2 rings (SSSR count). The lowest BCUT2D eigenvalue weighted by Gasteiger charge is -2.23. The Kier molecular flexibility index (Phi) is 4.32. The monoisotopic (exact) mass is 298 g/mol. The Labute approximate surface area is 121 Å². The number of carbonyl (C=O) groups is 1. The van der Waals surface area contributed by atoms with Gasteiger partial charge in [-0.3, -0.25) is 4.79 Å². The molecule has 0 aromatic heterocycles. The Morgan fingerprint density at radius 2 is 2.10 bits per heavy atom. The molecule has 0 heterocycles. The molecule has 2 N–H and O–H groups in total. The van der Waals surface area contributed by atoms with E-state index in [0.717, 1.165) is 18.9 Å². The molecular formula is C14H16F2N2OS. The minimum absolute atomic E-state index is 0.0381. The van der Waals surface area contributed by atoms with E-state index in [-0.39, 0.29) is 16.6 Å². The molecule has 6 heteroatoms. The molecule has 0 aliphatic heterocycles. The summed E-state index contributed by atoms with van der Waals surface area (Å²) in [5.41, 5.74) is 5.19. The third-order valence-corrected chi connectivity index (χ3v) is 3.55. The van der Waals surface area contributed by atoms with E-state index in [0.29, 0.717) is 13.0 Å². The summed E-state index contributed by atoms with van der Waals surface area (Å²) >= 11 is 4.79. The Balaban J connectivity index is 2.28. The zero-order chi connectivity index (χ0) is 14.9. The van der Waals surface area contributed by atoms with Crippen LogP contribution in [0.2, 0.25) is 0 Å². The number of aryl methyl sites for hydroxylation is 1. The average Bonchev–Trinajstić information content (AvgIpc) is 3.19. The lowest BCUT2D eigenvalue weighted by molar-refractivity contribution is 0.0738. The highest BCUT2D eigenvalue weighted by Crippen LogP contribution is 2.30. The van der Waals surface area contributed by atoms with Crippen LogP contribution in [0.15, 0.2) is 12.1 Å². The second-order valence-corrected chi connectivity index (χ2v) is 5.52. The summed E-state index contributed by atoms with van der Waals surface area (Å²) in [7, 11) is 0. The van der Waals surface area contributed by atoms with Crippen LogP contribution in [-0.4, -0.2) is 28.4 Å². The van der Waals surface area contributed by atoms with Gasteiger partial charge in [-0.25, -0.2) is 8.78 Å². The van der Waals surface area contributed by atoms with E-state index >= 15 is 0 Å². The van der Waals surface area contributed by atoms with Crippen LogP contribution in [0.25, 0.3) is 0 Å². The fraction of sp³-hybridized carbons (Fsp3) is 0.429. The quantitative estimate of drug-likeness (QED) is 0.850. The minimum Gasteiger partial charge on any atom is -0.393 e. The summed E-state index contributed by atoms with van der Waals surface area (Å²) in [6.45, 7) is 1.80. The van der Waals surface area contributed by atoms with Crippen molar-refractivity contribution in [3.05, 3.63) is 34.9 Å². The minimum atomic E-state index is -0.834. The largest absolute Gasteiger partial charge is 0.393 e. The van der Waals surface area contributed by atoms with Crippen molar-refractivity contribution in [1.29, 1.82) is 0 Å². The van der Waals surface area contributed by atoms with Gasteiger partial charge in [0.15, 0.2) is 0 Å². The molecule has 1 aliphatic carbocycles. The summed E-state index contributed by atoms with van der Waals surface area (Å²) in [5, 5.41) is 0. The highest BCUT2D eigenvalue weighted by atomic mass is 32.1. The highest BCUT2D eigenvalue weighted by molar-refractivity contribution is 7.80. The molecule has 0 bridgehead atoms. The van der Waals surface area contributed by atoms with Crippen molar-refractivity contribution >= 4 is 23.1 Å². The molecule has 1 saturated carbocycles. The van der Waals surface area contributed by atoms with Crippen molar-refractivity contribution in [2.45, 2.75) is 32.2 Å². The summed E-state index contributed by atoms with van der Waals surface area (Å²) in [4.78, 5) is 14.2. The SMILES string of the molecule is Cc1ccc(F)c(C(=O)N(CCC(N)=S)C2CC2)c1F. The lowest BCUT2D eigenvalue weighted by Crippen LogP contribution is -2.36. The fourth-order valence-corrected chi connectivity index (χ4v) is 2.15. The summed E-state index contributed by atoms with van der Waals surface area (Å²) in [6.07, 6.45) is 2.04. The maximum Gasteiger partial charge on any atom is 0.260 e. The van der Waals surface area contributed by atoms with Crippen LogP contribution in [0.4, 0.5) is 8.78 Å². The number of amides is 1. The summed E-state index contributed by atoms with van der Waals surface area (Å²) < 4.78 is 27.8. The molecular weight excluding hydrogens is 282 g/mol. The van der Waals surface area contributed by atoms with Gasteiger partial charge in [-0.15, -0.1) is 0 Å². The molecule has 20 heavy (non-hydrogen) atoms. The molecule has 0 unspecified atom stereocenters. The normalized spacial score (nSPS) is 14.2. The predicted molar refractivity (Wildman–Crippen MR) is 76.6 cm³/mol. The first-order valence-corrected chi connectivity index (χ1v) is 6.86. The number of thiocarbonyl (C=S) groups is 1. The van der Waals surface area contributed by atoms with Crippen LogP contribution in [0.1, 0.15) is 35.2 Å². The van der Waals surface area contributed by atoms with Gasteiger partial charge in [-0.05, 0) is 31.4 Å². The topological polar surface area (TPSA) is 46.3 Å². The van der Waals surface area contributed by atoms with Gasteiger partial charge in [-0.2, -0.15) is 0 Å². The number of benzene rings is 1. The second kappa shape index (κ2) is 5.83. The van der Waals surface area contributed by atoms with Crippen LogP contribution < -0.4 is 5.73 Å². The Hall–Kier alpha value is -1.56. The van der Waals surface area contributed by atoms with Gasteiger partial charge < -0.3 is 10.6 Å². The maximum absolute atomic E-state index is 14.0. The number of hydrogen-bond acceptors (Lipinski definition) is 2. The van der Waals surface area contributed by atoms with Crippen LogP contribution >= 0.6 is 12.2 Å². The van der Waals surface area contributed by atoms with Crippen LogP contribution in [0.3, 0.4) is 0 Å². The predicted octanol–water partition coefficient (Wildman–Crippen LogP) is 2.55. The van der Waals surface area contributed by atoms with E-state index in [2.05, 4.69) is 0 Å². The highest BCUT2D eigenvalue weighted by Gasteiger charge is 2.35. The van der Waals surface area contributed by atoms with E-state index < -0.39 is 23.1 Å². The van der Waals surface area contributed by atoms with Gasteiger partial charge in [-0.1, -0.05) is 18.3 Å². The van der Waals surface area contributed by atoms with E-state index in [9.17, 15) is 13.6 Å². The van der Waals surface area contributed by atoms with Crippen LogP contribution in [-0.2, 0) is 0 Å². The standard InChI is InChI=1S/C14H16F2N2OS/c1-8-2-5-10(15)12(13(8)16)14(19)18(9-3-4-9)7-6-11(17)20/h2,5,9H,3-4,6-7H2,1H3,(H2,17,20). The molecule has 0 spiro atoms. The van der Waals surface area contributed by atoms with Crippen molar-refractivity contribution in [3.8, 4) is 0 Å². The molecule has 1 aromatic rings. The lowest BCUT2D eigenvalue weighted by atomic mass is 10.1. The van der Waals surface area contributed by atoms with Crippen molar-refractivity contribution in [2.75, 3.05) is 6.54 Å². The Morgan fingerprint density at radius 3 is 2.65 bits per heavy atom. The number of nitrogens with two attached hydrogens (primary N) is 1.